The summed E-state index contributed by atoms with van der Waals surface area (Å²) < 4.78 is 31.7. The molecule has 4 N–H and O–H groups in total. The highest BCUT2D eigenvalue weighted by molar-refractivity contribution is 5.88. The van der Waals surface area contributed by atoms with E-state index >= 15 is 0 Å². The number of aryl methyl sites for hydroxylation is 1. The molecule has 0 spiro atoms. The molecule has 8 nitrogen and oxygen atoms in total. The number of carboxylic acid groups (broad SMARTS) is 2. The van der Waals surface area contributed by atoms with Gasteiger partial charge in [0.1, 0.15) is 17.8 Å². The first kappa shape index (κ1) is 21.1. The maximum absolute atomic E-state index is 11.1. The number of aromatic amines is 1. The van der Waals surface area contributed by atoms with Crippen molar-refractivity contribution in [2.75, 3.05) is 5.32 Å². The van der Waals surface area contributed by atoms with Crippen LogP contribution in [0.5, 0.6) is 0 Å². The first-order valence-electron chi connectivity index (χ1n) is 8.76. The Kier molecular flexibility index (Phi) is 5.63. The van der Waals surface area contributed by atoms with E-state index in [9.17, 15) is 18.0 Å². The molecule has 0 saturated carbocycles. The number of carboxylic acids is 2. The van der Waals surface area contributed by atoms with Crippen molar-refractivity contribution in [1.29, 1.82) is 0 Å². The number of H-pyrrole nitrogens is 1. The molecule has 158 valence electrons. The van der Waals surface area contributed by atoms with Crippen LogP contribution in [-0.2, 0) is 17.6 Å². The van der Waals surface area contributed by atoms with Crippen molar-refractivity contribution in [2.45, 2.75) is 32.0 Å². The summed E-state index contributed by atoms with van der Waals surface area (Å²) >= 11 is 0. The maximum atomic E-state index is 11.1. The molecule has 1 aromatic carbocycles. The lowest BCUT2D eigenvalue weighted by atomic mass is 10.1. The Balaban J connectivity index is 0.000000318. The Hall–Kier alpha value is -3.63. The highest BCUT2D eigenvalue weighted by Gasteiger charge is 2.38. The first-order valence-corrected chi connectivity index (χ1v) is 8.76. The molecule has 0 fully saturated rings. The van der Waals surface area contributed by atoms with Gasteiger partial charge in [0, 0.05) is 11.7 Å². The van der Waals surface area contributed by atoms with Gasteiger partial charge < -0.3 is 20.5 Å². The second-order valence-electron chi connectivity index (χ2n) is 6.78. The minimum absolute atomic E-state index is 0.211. The number of carbonyl (C=O) groups is 2. The third-order valence-corrected chi connectivity index (χ3v) is 4.53. The van der Waals surface area contributed by atoms with Crippen LogP contribution >= 0.6 is 0 Å². The molecule has 1 aliphatic rings. The number of hydrogen-bond acceptors (Lipinski definition) is 5. The van der Waals surface area contributed by atoms with Gasteiger partial charge in [-0.2, -0.15) is 13.2 Å². The molecule has 1 unspecified atom stereocenters. The SMILES string of the molecule is Cc1cc2c(NC3Cc4ccc(C(=O)O)cc4C3)ncnc2[nH]1.O=C(O)C(F)(F)F. The van der Waals surface area contributed by atoms with Crippen molar-refractivity contribution in [3.63, 3.8) is 0 Å². The van der Waals surface area contributed by atoms with Crippen molar-refractivity contribution in [3.8, 4) is 0 Å². The van der Waals surface area contributed by atoms with E-state index in [2.05, 4.69) is 20.3 Å². The van der Waals surface area contributed by atoms with Gasteiger partial charge in [0.25, 0.3) is 0 Å². The van der Waals surface area contributed by atoms with Crippen LogP contribution in [0.25, 0.3) is 11.0 Å². The number of anilines is 1. The fourth-order valence-corrected chi connectivity index (χ4v) is 3.23. The molecule has 30 heavy (non-hydrogen) atoms. The second kappa shape index (κ2) is 8.01. The van der Waals surface area contributed by atoms with Crippen molar-refractivity contribution >= 4 is 28.8 Å². The third-order valence-electron chi connectivity index (χ3n) is 4.53. The van der Waals surface area contributed by atoms with Gasteiger partial charge in [0.15, 0.2) is 0 Å². The van der Waals surface area contributed by atoms with E-state index in [1.807, 2.05) is 19.1 Å². The lowest BCUT2D eigenvalue weighted by Gasteiger charge is -2.13. The zero-order chi connectivity index (χ0) is 22.1. The van der Waals surface area contributed by atoms with Crippen LogP contribution in [0.15, 0.2) is 30.6 Å². The molecule has 0 amide bonds. The van der Waals surface area contributed by atoms with Gasteiger partial charge in [-0.3, -0.25) is 0 Å². The number of fused-ring (bicyclic) bond motifs is 2. The van der Waals surface area contributed by atoms with E-state index in [-0.39, 0.29) is 6.04 Å². The number of halogens is 3. The Morgan fingerprint density at radius 3 is 2.43 bits per heavy atom. The van der Waals surface area contributed by atoms with Crippen molar-refractivity contribution < 1.29 is 33.0 Å². The summed E-state index contributed by atoms with van der Waals surface area (Å²) in [5.74, 6) is -2.83. The van der Waals surface area contributed by atoms with Crippen LogP contribution < -0.4 is 5.32 Å². The van der Waals surface area contributed by atoms with Gasteiger partial charge in [0.2, 0.25) is 0 Å². The van der Waals surface area contributed by atoms with Gasteiger partial charge >= 0.3 is 18.1 Å². The summed E-state index contributed by atoms with van der Waals surface area (Å²) in [6.07, 6.45) is -1.87. The lowest BCUT2D eigenvalue weighted by Crippen LogP contribution is -2.21. The number of aliphatic carboxylic acids is 1. The quantitative estimate of drug-likeness (QED) is 0.510. The summed E-state index contributed by atoms with van der Waals surface area (Å²) in [6.45, 7) is 1.99. The predicted molar refractivity (Wildman–Crippen MR) is 101 cm³/mol. The minimum Gasteiger partial charge on any atom is -0.478 e. The van der Waals surface area contributed by atoms with Crippen molar-refractivity contribution in [3.05, 3.63) is 53.0 Å². The van der Waals surface area contributed by atoms with Crippen molar-refractivity contribution in [1.82, 2.24) is 15.0 Å². The van der Waals surface area contributed by atoms with E-state index in [0.29, 0.717) is 5.56 Å². The van der Waals surface area contributed by atoms with Crippen LogP contribution in [0.2, 0.25) is 0 Å². The van der Waals surface area contributed by atoms with E-state index in [1.54, 1.807) is 18.5 Å². The van der Waals surface area contributed by atoms with Crippen LogP contribution in [0.3, 0.4) is 0 Å². The number of rotatable bonds is 3. The summed E-state index contributed by atoms with van der Waals surface area (Å²) in [5, 5.41) is 20.7. The molecule has 1 atom stereocenters. The summed E-state index contributed by atoms with van der Waals surface area (Å²) in [7, 11) is 0. The summed E-state index contributed by atoms with van der Waals surface area (Å²) in [6, 6.07) is 7.60. The Bertz CT molecular complexity index is 1110. The minimum atomic E-state index is -5.08. The third kappa shape index (κ3) is 4.67. The smallest absolute Gasteiger partial charge is 0.478 e. The average molecular weight is 422 g/mol. The monoisotopic (exact) mass is 422 g/mol. The van der Waals surface area contributed by atoms with Crippen LogP contribution in [0.4, 0.5) is 19.0 Å². The molecule has 2 heterocycles. The fraction of sp³-hybridized carbons (Fsp3) is 0.263. The number of benzene rings is 1. The standard InChI is InChI=1S/C17H16N4O2.C2HF3O2/c1-9-4-14-15(20-9)18-8-19-16(14)21-13-6-10-2-3-11(17(22)23)5-12(10)7-13;3-2(4,5)1(6)7/h2-5,8,13H,6-7H2,1H3,(H,22,23)(H2,18,19,20,21);(H,6,7). The summed E-state index contributed by atoms with van der Waals surface area (Å²) in [5.41, 5.74) is 4.50. The Labute approximate surface area is 167 Å². The van der Waals surface area contributed by atoms with E-state index < -0.39 is 18.1 Å². The number of alkyl halides is 3. The molecule has 2 aromatic heterocycles. The molecule has 1 aliphatic carbocycles. The fourth-order valence-electron chi connectivity index (χ4n) is 3.23. The first-order chi connectivity index (χ1) is 14.0. The molecular formula is C19H17F3N4O4. The van der Waals surface area contributed by atoms with Gasteiger partial charge in [0.05, 0.1) is 10.9 Å². The largest absolute Gasteiger partial charge is 0.490 e. The highest BCUT2D eigenvalue weighted by atomic mass is 19.4. The zero-order valence-corrected chi connectivity index (χ0v) is 15.6. The van der Waals surface area contributed by atoms with Gasteiger partial charge in [-0.1, -0.05) is 6.07 Å². The zero-order valence-electron chi connectivity index (χ0n) is 15.6. The predicted octanol–water partition coefficient (Wildman–Crippen LogP) is 3.18. The molecule has 3 aromatic rings. The van der Waals surface area contributed by atoms with Gasteiger partial charge in [-0.25, -0.2) is 19.6 Å². The molecule has 4 rings (SSSR count). The number of nitrogens with zero attached hydrogens (tertiary/aromatic N) is 2. The number of nitrogens with one attached hydrogen (secondary N) is 2. The average Bonchev–Trinajstić information content (AvgIpc) is 3.23. The van der Waals surface area contributed by atoms with E-state index in [4.69, 9.17) is 15.0 Å². The van der Waals surface area contributed by atoms with Gasteiger partial charge in [-0.05, 0) is 49.1 Å². The molecule has 0 bridgehead atoms. The Morgan fingerprint density at radius 2 is 1.80 bits per heavy atom. The van der Waals surface area contributed by atoms with E-state index in [0.717, 1.165) is 41.0 Å². The normalized spacial score (nSPS) is 15.3. The van der Waals surface area contributed by atoms with Crippen LogP contribution in [0.1, 0.15) is 27.2 Å². The number of aromatic nitrogens is 3. The molecule has 11 heteroatoms. The van der Waals surface area contributed by atoms with Crippen LogP contribution in [-0.4, -0.2) is 49.3 Å². The van der Waals surface area contributed by atoms with E-state index in [1.165, 1.54) is 5.56 Å². The van der Waals surface area contributed by atoms with Gasteiger partial charge in [-0.15, -0.1) is 0 Å². The molecule has 0 aliphatic heterocycles. The number of hydrogen-bond donors (Lipinski definition) is 4. The maximum Gasteiger partial charge on any atom is 0.490 e. The topological polar surface area (TPSA) is 128 Å². The lowest BCUT2D eigenvalue weighted by molar-refractivity contribution is -0.192. The molecule has 0 saturated heterocycles. The highest BCUT2D eigenvalue weighted by Crippen LogP contribution is 2.27. The summed E-state index contributed by atoms with van der Waals surface area (Å²) in [4.78, 5) is 31.8. The molecular weight excluding hydrogens is 405 g/mol. The second-order valence-corrected chi connectivity index (χ2v) is 6.78. The van der Waals surface area contributed by atoms with Crippen LogP contribution in [0, 0.1) is 6.92 Å². The molecule has 0 radical (unpaired) electrons. The number of aromatic carboxylic acids is 1. The van der Waals surface area contributed by atoms with Crippen molar-refractivity contribution in [2.24, 2.45) is 0 Å². The Morgan fingerprint density at radius 1 is 1.13 bits per heavy atom.